The number of amides is 1. The number of carbonyl (C=O) groups excluding carboxylic acids is 1. The van der Waals surface area contributed by atoms with Crippen molar-refractivity contribution in [3.63, 3.8) is 0 Å². The van der Waals surface area contributed by atoms with E-state index in [1.54, 1.807) is 0 Å². The van der Waals surface area contributed by atoms with E-state index in [9.17, 15) is 4.79 Å². The molecule has 1 amide bonds. The summed E-state index contributed by atoms with van der Waals surface area (Å²) >= 11 is 0. The molecule has 0 aromatic rings. The van der Waals surface area contributed by atoms with Crippen LogP contribution in [0.3, 0.4) is 0 Å². The molecule has 88 valence electrons. The van der Waals surface area contributed by atoms with Crippen molar-refractivity contribution < 1.29 is 9.53 Å². The van der Waals surface area contributed by atoms with Gasteiger partial charge in [0.15, 0.2) is 0 Å². The minimum absolute atomic E-state index is 0.0159. The van der Waals surface area contributed by atoms with Crippen molar-refractivity contribution in [3.8, 4) is 0 Å². The predicted octanol–water partition coefficient (Wildman–Crippen LogP) is 0.657. The third-order valence-electron chi connectivity index (χ3n) is 2.86. The minimum Gasteiger partial charge on any atom is -0.381 e. The van der Waals surface area contributed by atoms with Crippen LogP contribution in [-0.2, 0) is 9.53 Å². The van der Waals surface area contributed by atoms with Gasteiger partial charge < -0.3 is 15.8 Å². The summed E-state index contributed by atoms with van der Waals surface area (Å²) in [6.07, 6.45) is 3.74. The summed E-state index contributed by atoms with van der Waals surface area (Å²) in [6, 6.07) is 0.289. The molecule has 4 nitrogen and oxygen atoms in total. The van der Waals surface area contributed by atoms with Gasteiger partial charge in [0.2, 0.25) is 5.91 Å². The van der Waals surface area contributed by atoms with Gasteiger partial charge in [0, 0.05) is 25.8 Å². The van der Waals surface area contributed by atoms with Crippen LogP contribution in [-0.4, -0.2) is 31.7 Å². The Bertz CT molecular complexity index is 191. The van der Waals surface area contributed by atoms with Gasteiger partial charge in [0.25, 0.3) is 0 Å². The van der Waals surface area contributed by atoms with Crippen LogP contribution < -0.4 is 11.1 Å². The van der Waals surface area contributed by atoms with Gasteiger partial charge >= 0.3 is 0 Å². The molecule has 0 spiro atoms. The van der Waals surface area contributed by atoms with Gasteiger partial charge in [-0.1, -0.05) is 13.3 Å². The van der Waals surface area contributed by atoms with E-state index in [1.807, 2.05) is 0 Å². The fourth-order valence-corrected chi connectivity index (χ4v) is 1.87. The minimum atomic E-state index is -0.0159. The van der Waals surface area contributed by atoms with Crippen LogP contribution in [0.15, 0.2) is 0 Å². The number of ether oxygens (including phenoxy) is 1. The second-order valence-corrected chi connectivity index (χ2v) is 4.12. The Balaban J connectivity index is 2.31. The van der Waals surface area contributed by atoms with Gasteiger partial charge in [-0.3, -0.25) is 4.79 Å². The molecule has 0 saturated carbocycles. The molecule has 0 aliphatic carbocycles. The fourth-order valence-electron chi connectivity index (χ4n) is 1.87. The van der Waals surface area contributed by atoms with E-state index in [0.29, 0.717) is 6.54 Å². The molecule has 1 unspecified atom stereocenters. The van der Waals surface area contributed by atoms with Crippen molar-refractivity contribution in [1.82, 2.24) is 5.32 Å². The van der Waals surface area contributed by atoms with Crippen molar-refractivity contribution in [1.29, 1.82) is 0 Å². The fraction of sp³-hybridized carbons (Fsp3) is 0.909. The number of carbonyl (C=O) groups is 1. The van der Waals surface area contributed by atoms with E-state index in [1.165, 1.54) is 0 Å². The number of nitrogens with two attached hydrogens (primary N) is 1. The molecule has 0 aromatic carbocycles. The molecule has 1 aliphatic rings. The number of rotatable bonds is 5. The molecule has 0 aromatic heterocycles. The molecule has 15 heavy (non-hydrogen) atoms. The zero-order valence-corrected chi connectivity index (χ0v) is 9.50. The zero-order chi connectivity index (χ0) is 11.1. The van der Waals surface area contributed by atoms with Crippen LogP contribution in [0, 0.1) is 5.92 Å². The van der Waals surface area contributed by atoms with E-state index in [2.05, 4.69) is 12.2 Å². The van der Waals surface area contributed by atoms with E-state index in [0.717, 1.165) is 38.9 Å². The Morgan fingerprint density at radius 1 is 1.53 bits per heavy atom. The summed E-state index contributed by atoms with van der Waals surface area (Å²) in [6.45, 7) is 4.03. The van der Waals surface area contributed by atoms with E-state index >= 15 is 0 Å². The quantitative estimate of drug-likeness (QED) is 0.706. The highest BCUT2D eigenvalue weighted by Crippen LogP contribution is 2.09. The SMILES string of the molecule is CCCC(CN)C(=O)NC1CCOCC1. The van der Waals surface area contributed by atoms with Crippen LogP contribution in [0.4, 0.5) is 0 Å². The van der Waals surface area contributed by atoms with Gasteiger partial charge in [-0.05, 0) is 19.3 Å². The van der Waals surface area contributed by atoms with Crippen LogP contribution in [0.1, 0.15) is 32.6 Å². The first-order chi connectivity index (χ1) is 7.27. The average Bonchev–Trinajstić information content (AvgIpc) is 2.27. The van der Waals surface area contributed by atoms with Crippen molar-refractivity contribution in [2.75, 3.05) is 19.8 Å². The molecule has 0 bridgehead atoms. The average molecular weight is 214 g/mol. The Labute approximate surface area is 91.5 Å². The van der Waals surface area contributed by atoms with Crippen molar-refractivity contribution in [3.05, 3.63) is 0 Å². The molecule has 1 atom stereocenters. The molecular formula is C11H22N2O2. The Kier molecular flexibility index (Phi) is 5.65. The second kappa shape index (κ2) is 6.80. The summed E-state index contributed by atoms with van der Waals surface area (Å²) in [5.74, 6) is 0.101. The smallest absolute Gasteiger partial charge is 0.224 e. The Morgan fingerprint density at radius 3 is 2.73 bits per heavy atom. The highest BCUT2D eigenvalue weighted by Gasteiger charge is 2.20. The molecule has 0 radical (unpaired) electrons. The molecule has 1 saturated heterocycles. The lowest BCUT2D eigenvalue weighted by Crippen LogP contribution is -2.43. The third-order valence-corrected chi connectivity index (χ3v) is 2.86. The molecule has 1 rings (SSSR count). The first-order valence-corrected chi connectivity index (χ1v) is 5.86. The first kappa shape index (κ1) is 12.5. The Hall–Kier alpha value is -0.610. The van der Waals surface area contributed by atoms with Crippen LogP contribution in [0.25, 0.3) is 0 Å². The maximum absolute atomic E-state index is 11.8. The van der Waals surface area contributed by atoms with Gasteiger partial charge in [0.1, 0.15) is 0 Å². The third kappa shape index (κ3) is 4.18. The maximum Gasteiger partial charge on any atom is 0.224 e. The van der Waals surface area contributed by atoms with Gasteiger partial charge in [0.05, 0.1) is 5.92 Å². The van der Waals surface area contributed by atoms with E-state index < -0.39 is 0 Å². The lowest BCUT2D eigenvalue weighted by atomic mass is 10.0. The number of hydrogen-bond acceptors (Lipinski definition) is 3. The predicted molar refractivity (Wildman–Crippen MR) is 59.4 cm³/mol. The van der Waals surface area contributed by atoms with Crippen LogP contribution >= 0.6 is 0 Å². The summed E-state index contributed by atoms with van der Waals surface area (Å²) < 4.78 is 5.24. The standard InChI is InChI=1S/C11H22N2O2/c1-2-3-9(8-12)11(14)13-10-4-6-15-7-5-10/h9-10H,2-8,12H2,1H3,(H,13,14). The zero-order valence-electron chi connectivity index (χ0n) is 9.50. The van der Waals surface area contributed by atoms with E-state index in [-0.39, 0.29) is 17.9 Å². The molecule has 1 aliphatic heterocycles. The highest BCUT2D eigenvalue weighted by molar-refractivity contribution is 5.79. The van der Waals surface area contributed by atoms with Gasteiger partial charge in [-0.15, -0.1) is 0 Å². The highest BCUT2D eigenvalue weighted by atomic mass is 16.5. The summed E-state index contributed by atoms with van der Waals surface area (Å²) in [7, 11) is 0. The lowest BCUT2D eigenvalue weighted by molar-refractivity contribution is -0.126. The maximum atomic E-state index is 11.8. The van der Waals surface area contributed by atoms with Crippen molar-refractivity contribution >= 4 is 5.91 Å². The Morgan fingerprint density at radius 2 is 2.20 bits per heavy atom. The molecule has 1 fully saturated rings. The van der Waals surface area contributed by atoms with Gasteiger partial charge in [-0.2, -0.15) is 0 Å². The summed E-state index contributed by atoms with van der Waals surface area (Å²) in [5, 5.41) is 3.06. The topological polar surface area (TPSA) is 64.4 Å². The number of nitrogens with one attached hydrogen (secondary N) is 1. The molecule has 1 heterocycles. The first-order valence-electron chi connectivity index (χ1n) is 5.86. The molecular weight excluding hydrogens is 192 g/mol. The normalized spacial score (nSPS) is 19.9. The van der Waals surface area contributed by atoms with Crippen LogP contribution in [0.2, 0.25) is 0 Å². The molecule has 4 heteroatoms. The van der Waals surface area contributed by atoms with E-state index in [4.69, 9.17) is 10.5 Å². The largest absolute Gasteiger partial charge is 0.381 e. The van der Waals surface area contributed by atoms with Crippen molar-refractivity contribution in [2.24, 2.45) is 11.7 Å². The van der Waals surface area contributed by atoms with Crippen molar-refractivity contribution in [2.45, 2.75) is 38.6 Å². The second-order valence-electron chi connectivity index (χ2n) is 4.12. The lowest BCUT2D eigenvalue weighted by Gasteiger charge is -2.25. The summed E-state index contributed by atoms with van der Waals surface area (Å²) in [5.41, 5.74) is 5.58. The molecule has 3 N–H and O–H groups in total. The van der Waals surface area contributed by atoms with Crippen LogP contribution in [0.5, 0.6) is 0 Å². The number of hydrogen-bond donors (Lipinski definition) is 2. The summed E-state index contributed by atoms with van der Waals surface area (Å²) in [4.78, 5) is 11.8. The van der Waals surface area contributed by atoms with Gasteiger partial charge in [-0.25, -0.2) is 0 Å². The monoisotopic (exact) mass is 214 g/mol.